The summed E-state index contributed by atoms with van der Waals surface area (Å²) in [7, 11) is 0. The highest BCUT2D eigenvalue weighted by atomic mass is 79.9. The van der Waals surface area contributed by atoms with Gasteiger partial charge in [-0.3, -0.25) is 4.98 Å². The van der Waals surface area contributed by atoms with Gasteiger partial charge in [0.15, 0.2) is 0 Å². The van der Waals surface area contributed by atoms with E-state index in [4.69, 9.17) is 0 Å². The van der Waals surface area contributed by atoms with Gasteiger partial charge >= 0.3 is 0 Å². The van der Waals surface area contributed by atoms with E-state index in [0.29, 0.717) is 34.2 Å². The molecule has 2 heterocycles. The fraction of sp³-hybridized carbons (Fsp3) is 0.118. The van der Waals surface area contributed by atoms with E-state index in [9.17, 15) is 4.39 Å². The number of hydrogen-bond donors (Lipinski definition) is 2. The van der Waals surface area contributed by atoms with E-state index in [1.54, 1.807) is 24.4 Å². The van der Waals surface area contributed by atoms with Gasteiger partial charge in [0.25, 0.3) is 0 Å². The van der Waals surface area contributed by atoms with Gasteiger partial charge in [-0.05, 0) is 37.3 Å². The van der Waals surface area contributed by atoms with Gasteiger partial charge in [-0.15, -0.1) is 0 Å². The molecule has 0 spiro atoms. The number of rotatable bonds is 5. The van der Waals surface area contributed by atoms with Crippen LogP contribution in [0, 0.1) is 5.82 Å². The Hall–Kier alpha value is -2.54. The average Bonchev–Trinajstić information content (AvgIpc) is 2.58. The van der Waals surface area contributed by atoms with Crippen LogP contribution < -0.4 is 10.6 Å². The van der Waals surface area contributed by atoms with Crippen LogP contribution in [0.3, 0.4) is 0 Å². The number of anilines is 3. The van der Waals surface area contributed by atoms with Crippen LogP contribution in [0.15, 0.2) is 53.1 Å². The molecule has 7 heteroatoms. The fourth-order valence-corrected chi connectivity index (χ4v) is 2.46. The van der Waals surface area contributed by atoms with Gasteiger partial charge in [0.2, 0.25) is 5.95 Å². The lowest BCUT2D eigenvalue weighted by Crippen LogP contribution is -2.06. The van der Waals surface area contributed by atoms with Gasteiger partial charge in [-0.1, -0.05) is 22.0 Å². The second kappa shape index (κ2) is 7.35. The first-order valence-electron chi connectivity index (χ1n) is 7.42. The maximum absolute atomic E-state index is 14.0. The Morgan fingerprint density at radius 1 is 1.08 bits per heavy atom. The maximum Gasteiger partial charge on any atom is 0.225 e. The Balaban J connectivity index is 1.99. The van der Waals surface area contributed by atoms with Crippen LogP contribution >= 0.6 is 15.9 Å². The van der Waals surface area contributed by atoms with Crippen molar-refractivity contribution in [3.05, 3.63) is 59.0 Å². The molecule has 2 aromatic heterocycles. The SMILES string of the molecule is CCNc1nc(Nc2ccc(Br)cc2F)cc(-c2ccccn2)n1. The molecular weight excluding hydrogens is 373 g/mol. The molecule has 1 aromatic carbocycles. The van der Waals surface area contributed by atoms with Crippen LogP contribution in [0.2, 0.25) is 0 Å². The van der Waals surface area contributed by atoms with Crippen molar-refractivity contribution in [3.8, 4) is 11.4 Å². The normalized spacial score (nSPS) is 10.5. The highest BCUT2D eigenvalue weighted by Crippen LogP contribution is 2.25. The van der Waals surface area contributed by atoms with E-state index < -0.39 is 0 Å². The Bertz CT molecular complexity index is 842. The molecule has 0 saturated carbocycles. The van der Waals surface area contributed by atoms with Crippen molar-refractivity contribution in [2.24, 2.45) is 0 Å². The third kappa shape index (κ3) is 3.86. The summed E-state index contributed by atoms with van der Waals surface area (Å²) in [4.78, 5) is 13.1. The molecule has 0 aliphatic rings. The molecule has 3 aromatic rings. The first-order valence-corrected chi connectivity index (χ1v) is 8.21. The summed E-state index contributed by atoms with van der Waals surface area (Å²) in [5, 5.41) is 6.07. The molecule has 0 atom stereocenters. The maximum atomic E-state index is 14.0. The quantitative estimate of drug-likeness (QED) is 0.668. The second-order valence-electron chi connectivity index (χ2n) is 4.96. The molecule has 0 bridgehead atoms. The molecule has 24 heavy (non-hydrogen) atoms. The van der Waals surface area contributed by atoms with Crippen LogP contribution in [-0.2, 0) is 0 Å². The molecule has 122 valence electrons. The monoisotopic (exact) mass is 387 g/mol. The van der Waals surface area contributed by atoms with Crippen molar-refractivity contribution in [1.82, 2.24) is 15.0 Å². The topological polar surface area (TPSA) is 62.7 Å². The third-order valence-corrected chi connectivity index (χ3v) is 3.68. The van der Waals surface area contributed by atoms with E-state index in [0.717, 1.165) is 5.69 Å². The van der Waals surface area contributed by atoms with E-state index >= 15 is 0 Å². The second-order valence-corrected chi connectivity index (χ2v) is 5.87. The number of pyridine rings is 1. The highest BCUT2D eigenvalue weighted by molar-refractivity contribution is 9.10. The van der Waals surface area contributed by atoms with E-state index in [1.807, 2.05) is 25.1 Å². The van der Waals surface area contributed by atoms with Crippen molar-refractivity contribution in [3.63, 3.8) is 0 Å². The van der Waals surface area contributed by atoms with Gasteiger partial charge in [-0.25, -0.2) is 9.37 Å². The van der Waals surface area contributed by atoms with Gasteiger partial charge in [0.05, 0.1) is 17.1 Å². The summed E-state index contributed by atoms with van der Waals surface area (Å²) in [6.07, 6.45) is 1.70. The van der Waals surface area contributed by atoms with Crippen LogP contribution in [0.4, 0.5) is 21.8 Å². The van der Waals surface area contributed by atoms with Gasteiger partial charge < -0.3 is 10.6 Å². The molecule has 0 aliphatic carbocycles. The zero-order chi connectivity index (χ0) is 16.9. The zero-order valence-corrected chi connectivity index (χ0v) is 14.5. The molecule has 0 fully saturated rings. The first kappa shape index (κ1) is 16.3. The standard InChI is InChI=1S/C17H15BrFN5/c1-2-20-17-23-15(14-5-3-4-8-21-14)10-16(24-17)22-13-7-6-11(18)9-12(13)19/h3-10H,2H2,1H3,(H2,20,22,23,24). The Morgan fingerprint density at radius 2 is 1.96 bits per heavy atom. The minimum absolute atomic E-state index is 0.339. The zero-order valence-electron chi connectivity index (χ0n) is 12.9. The molecule has 5 nitrogen and oxygen atoms in total. The lowest BCUT2D eigenvalue weighted by Gasteiger charge is -2.11. The molecule has 0 unspecified atom stereocenters. The summed E-state index contributed by atoms with van der Waals surface area (Å²) < 4.78 is 14.7. The molecule has 0 aliphatic heterocycles. The highest BCUT2D eigenvalue weighted by Gasteiger charge is 2.09. The lowest BCUT2D eigenvalue weighted by atomic mass is 10.2. The van der Waals surface area contributed by atoms with Crippen LogP contribution in [-0.4, -0.2) is 21.5 Å². The van der Waals surface area contributed by atoms with Crippen molar-refractivity contribution in [2.45, 2.75) is 6.92 Å². The minimum atomic E-state index is -0.368. The van der Waals surface area contributed by atoms with Crippen molar-refractivity contribution >= 4 is 33.4 Å². The van der Waals surface area contributed by atoms with Crippen LogP contribution in [0.1, 0.15) is 6.92 Å². The fourth-order valence-electron chi connectivity index (χ4n) is 2.12. The number of hydrogen-bond acceptors (Lipinski definition) is 5. The first-order chi connectivity index (χ1) is 11.7. The van der Waals surface area contributed by atoms with Crippen molar-refractivity contribution < 1.29 is 4.39 Å². The molecule has 0 radical (unpaired) electrons. The molecular formula is C17H15BrFN5. The number of nitrogens with one attached hydrogen (secondary N) is 2. The van der Waals surface area contributed by atoms with Crippen LogP contribution in [0.5, 0.6) is 0 Å². The van der Waals surface area contributed by atoms with Crippen molar-refractivity contribution in [2.75, 3.05) is 17.2 Å². The lowest BCUT2D eigenvalue weighted by molar-refractivity contribution is 0.631. The van der Waals surface area contributed by atoms with Crippen LogP contribution in [0.25, 0.3) is 11.4 Å². The largest absolute Gasteiger partial charge is 0.354 e. The minimum Gasteiger partial charge on any atom is -0.354 e. The van der Waals surface area contributed by atoms with Gasteiger partial charge in [-0.2, -0.15) is 4.98 Å². The molecule has 3 rings (SSSR count). The number of aromatic nitrogens is 3. The van der Waals surface area contributed by atoms with E-state index in [-0.39, 0.29) is 5.82 Å². The van der Waals surface area contributed by atoms with Crippen molar-refractivity contribution in [1.29, 1.82) is 0 Å². The Kier molecular flexibility index (Phi) is 5.00. The average molecular weight is 388 g/mol. The van der Waals surface area contributed by atoms with E-state index in [2.05, 4.69) is 41.5 Å². The Labute approximate surface area is 147 Å². The summed E-state index contributed by atoms with van der Waals surface area (Å²) in [6, 6.07) is 12.1. The van der Waals surface area contributed by atoms with Gasteiger partial charge in [0, 0.05) is 23.3 Å². The molecule has 2 N–H and O–H groups in total. The number of halogens is 2. The smallest absolute Gasteiger partial charge is 0.225 e. The predicted octanol–water partition coefficient (Wildman–Crippen LogP) is 4.62. The van der Waals surface area contributed by atoms with Gasteiger partial charge in [0.1, 0.15) is 11.6 Å². The molecule has 0 saturated heterocycles. The molecule has 0 amide bonds. The predicted molar refractivity (Wildman–Crippen MR) is 96.8 cm³/mol. The summed E-state index contributed by atoms with van der Waals surface area (Å²) in [6.45, 7) is 2.63. The summed E-state index contributed by atoms with van der Waals surface area (Å²) in [5.41, 5.74) is 1.71. The summed E-state index contributed by atoms with van der Waals surface area (Å²) in [5.74, 6) is 0.580. The Morgan fingerprint density at radius 3 is 2.67 bits per heavy atom. The third-order valence-electron chi connectivity index (χ3n) is 3.18. The van der Waals surface area contributed by atoms with E-state index in [1.165, 1.54) is 6.07 Å². The number of nitrogens with zero attached hydrogens (tertiary/aromatic N) is 3. The summed E-state index contributed by atoms with van der Waals surface area (Å²) >= 11 is 3.24. The number of benzene rings is 1.